The molecule has 0 aromatic carbocycles. The third kappa shape index (κ3) is 41.2. The molecule has 0 radical (unpaired) electrons. The summed E-state index contributed by atoms with van der Waals surface area (Å²) < 4.78 is 11.2. The van der Waals surface area contributed by atoms with Crippen LogP contribution in [0.15, 0.2) is 60.8 Å². The number of allylic oxidation sites excluding steroid dienone is 9. The Labute approximate surface area is 443 Å². The predicted octanol–water partition coefficient (Wildman–Crippen LogP) is 15.5. The highest BCUT2D eigenvalue weighted by Gasteiger charge is 2.44. The summed E-state index contributed by atoms with van der Waals surface area (Å²) in [6.07, 6.45) is 64.8. The first-order valence-electron chi connectivity index (χ1n) is 30.5. The average Bonchev–Trinajstić information content (AvgIpc) is 3.38. The summed E-state index contributed by atoms with van der Waals surface area (Å²) in [4.78, 5) is 13.0. The summed E-state index contributed by atoms with van der Waals surface area (Å²) in [5.41, 5.74) is 0. The fraction of sp³-hybridized carbons (Fsp3) is 0.825. The molecule has 6 N–H and O–H groups in total. The van der Waals surface area contributed by atoms with Gasteiger partial charge in [0.25, 0.3) is 0 Å². The normalized spacial score (nSPS) is 19.6. The number of ether oxygens (including phenoxy) is 2. The smallest absolute Gasteiger partial charge is 0.220 e. The number of carbonyl (C=O) groups is 1. The van der Waals surface area contributed by atoms with Crippen LogP contribution < -0.4 is 5.32 Å². The molecule has 1 heterocycles. The van der Waals surface area contributed by atoms with Crippen LogP contribution in [0, 0.1) is 0 Å². The molecule has 420 valence electrons. The van der Waals surface area contributed by atoms with E-state index in [0.717, 1.165) is 51.4 Å². The van der Waals surface area contributed by atoms with E-state index in [4.69, 9.17) is 9.47 Å². The molecule has 0 saturated carbocycles. The summed E-state index contributed by atoms with van der Waals surface area (Å²) in [6, 6.07) is -0.819. The first-order valence-corrected chi connectivity index (χ1v) is 30.5. The highest BCUT2D eigenvalue weighted by molar-refractivity contribution is 5.76. The van der Waals surface area contributed by atoms with Gasteiger partial charge in [-0.3, -0.25) is 4.79 Å². The van der Waals surface area contributed by atoms with Gasteiger partial charge in [0, 0.05) is 6.42 Å². The van der Waals surface area contributed by atoms with Crippen molar-refractivity contribution in [1.82, 2.24) is 5.32 Å². The molecule has 7 unspecified atom stereocenters. The average molecular weight is 1010 g/mol. The van der Waals surface area contributed by atoms with E-state index in [1.165, 1.54) is 205 Å². The van der Waals surface area contributed by atoms with Crippen molar-refractivity contribution in [2.24, 2.45) is 0 Å². The molecule has 1 saturated heterocycles. The van der Waals surface area contributed by atoms with Crippen LogP contribution in [-0.2, 0) is 14.3 Å². The van der Waals surface area contributed by atoms with Crippen molar-refractivity contribution in [3.8, 4) is 0 Å². The standard InChI is InChI=1S/C63H115NO8/c1-3-5-7-9-11-13-15-16-17-18-19-20-21-22-23-24-25-26-27-28-29-30-31-32-33-34-35-36-37-38-39-40-41-42-43-45-47-49-51-53-59(67)64-56(55-71-63-62(70)61(69)60(68)58(54-65)72-63)57(66)52-50-48-46-44-14-12-10-8-6-4-2/h14-16,18-19,21-22,44,50,52,56-58,60-63,65-66,68-70H,3-13,17,20,23-43,45-49,51,53-55H2,1-2H3,(H,64,67)/b16-15-,19-18-,22-21-,44-14+,52-50+. The lowest BCUT2D eigenvalue weighted by Crippen LogP contribution is -2.60. The van der Waals surface area contributed by atoms with E-state index < -0.39 is 49.5 Å². The van der Waals surface area contributed by atoms with Crippen LogP contribution >= 0.6 is 0 Å². The number of rotatable bonds is 52. The van der Waals surface area contributed by atoms with Crippen LogP contribution in [-0.4, -0.2) is 87.5 Å². The molecule has 0 aromatic heterocycles. The third-order valence-electron chi connectivity index (χ3n) is 14.3. The molecule has 0 spiro atoms. The summed E-state index contributed by atoms with van der Waals surface area (Å²) in [5, 5.41) is 54.2. The fourth-order valence-electron chi connectivity index (χ4n) is 9.48. The van der Waals surface area contributed by atoms with Gasteiger partial charge in [0.1, 0.15) is 24.4 Å². The quantitative estimate of drug-likeness (QED) is 0.0261. The van der Waals surface area contributed by atoms with E-state index in [1.807, 2.05) is 6.08 Å². The van der Waals surface area contributed by atoms with Crippen molar-refractivity contribution in [3.05, 3.63) is 60.8 Å². The van der Waals surface area contributed by atoms with Gasteiger partial charge in [-0.05, 0) is 70.6 Å². The van der Waals surface area contributed by atoms with Crippen LogP contribution in [0.3, 0.4) is 0 Å². The molecule has 1 rings (SSSR count). The second kappa shape index (κ2) is 52.3. The number of aliphatic hydroxyl groups excluding tert-OH is 5. The van der Waals surface area contributed by atoms with E-state index in [9.17, 15) is 30.3 Å². The van der Waals surface area contributed by atoms with Crippen molar-refractivity contribution in [1.29, 1.82) is 0 Å². The van der Waals surface area contributed by atoms with Gasteiger partial charge in [0.05, 0.1) is 25.4 Å². The van der Waals surface area contributed by atoms with Gasteiger partial charge in [-0.1, -0.05) is 261 Å². The largest absolute Gasteiger partial charge is 0.394 e. The van der Waals surface area contributed by atoms with Gasteiger partial charge in [-0.15, -0.1) is 0 Å². The Bertz CT molecular complexity index is 1310. The second-order valence-corrected chi connectivity index (χ2v) is 21.1. The molecule has 7 atom stereocenters. The van der Waals surface area contributed by atoms with Crippen LogP contribution in [0.5, 0.6) is 0 Å². The first kappa shape index (κ1) is 67.9. The second-order valence-electron chi connectivity index (χ2n) is 21.1. The van der Waals surface area contributed by atoms with Crippen LogP contribution in [0.4, 0.5) is 0 Å². The summed E-state index contributed by atoms with van der Waals surface area (Å²) in [5.74, 6) is -0.186. The molecule has 72 heavy (non-hydrogen) atoms. The molecule has 1 amide bonds. The highest BCUT2D eigenvalue weighted by atomic mass is 16.7. The van der Waals surface area contributed by atoms with Crippen LogP contribution in [0.25, 0.3) is 0 Å². The zero-order chi connectivity index (χ0) is 52.2. The molecule has 9 nitrogen and oxygen atoms in total. The number of amides is 1. The topological polar surface area (TPSA) is 149 Å². The Morgan fingerprint density at radius 1 is 0.472 bits per heavy atom. The van der Waals surface area contributed by atoms with E-state index in [0.29, 0.717) is 6.42 Å². The monoisotopic (exact) mass is 1010 g/mol. The molecule has 1 aliphatic heterocycles. The maximum atomic E-state index is 13.0. The molecule has 0 aliphatic carbocycles. The lowest BCUT2D eigenvalue weighted by atomic mass is 9.99. The van der Waals surface area contributed by atoms with Crippen molar-refractivity contribution in [2.75, 3.05) is 13.2 Å². The molecule has 1 fully saturated rings. The summed E-state index contributed by atoms with van der Waals surface area (Å²) in [7, 11) is 0. The maximum Gasteiger partial charge on any atom is 0.220 e. The van der Waals surface area contributed by atoms with E-state index in [2.05, 4.69) is 67.8 Å². The van der Waals surface area contributed by atoms with Crippen molar-refractivity contribution in [2.45, 2.75) is 320 Å². The maximum absolute atomic E-state index is 13.0. The molecule has 9 heteroatoms. The fourth-order valence-corrected chi connectivity index (χ4v) is 9.48. The van der Waals surface area contributed by atoms with Gasteiger partial charge in [-0.25, -0.2) is 0 Å². The van der Waals surface area contributed by atoms with Crippen LogP contribution in [0.2, 0.25) is 0 Å². The number of aliphatic hydroxyl groups is 5. The number of hydrogen-bond acceptors (Lipinski definition) is 8. The van der Waals surface area contributed by atoms with Crippen molar-refractivity contribution in [3.63, 3.8) is 0 Å². The summed E-state index contributed by atoms with van der Waals surface area (Å²) in [6.45, 7) is 3.72. The van der Waals surface area contributed by atoms with Gasteiger partial charge < -0.3 is 40.3 Å². The van der Waals surface area contributed by atoms with Crippen LogP contribution in [0.1, 0.15) is 277 Å². The molecule has 1 aliphatic rings. The minimum atomic E-state index is -1.57. The minimum Gasteiger partial charge on any atom is -0.394 e. The molecular weight excluding hydrogens is 899 g/mol. The van der Waals surface area contributed by atoms with Crippen molar-refractivity contribution >= 4 is 5.91 Å². The first-order chi connectivity index (χ1) is 35.3. The number of carbonyl (C=O) groups excluding carboxylic acids is 1. The zero-order valence-electron chi connectivity index (χ0n) is 46.7. The van der Waals surface area contributed by atoms with Gasteiger partial charge in [0.15, 0.2) is 6.29 Å². The lowest BCUT2D eigenvalue weighted by Gasteiger charge is -2.40. The lowest BCUT2D eigenvalue weighted by molar-refractivity contribution is -0.302. The Hall–Kier alpha value is -2.11. The SMILES string of the molecule is CCCCCC/C=C/CC/C=C/C(O)C(COC1OC(CO)C(O)C(O)C1O)NC(=O)CCCCCCCCCCCCCCCCCCCCCCCCCC/C=C\C/C=C\C/C=C\CCCCCCC. The Kier molecular flexibility index (Phi) is 49.4. The Morgan fingerprint density at radius 3 is 1.28 bits per heavy atom. The molecule has 0 bridgehead atoms. The predicted molar refractivity (Wildman–Crippen MR) is 304 cm³/mol. The third-order valence-corrected chi connectivity index (χ3v) is 14.3. The van der Waals surface area contributed by atoms with Gasteiger partial charge >= 0.3 is 0 Å². The van der Waals surface area contributed by atoms with E-state index in [-0.39, 0.29) is 12.5 Å². The van der Waals surface area contributed by atoms with Crippen molar-refractivity contribution < 1.29 is 39.8 Å². The Balaban J connectivity index is 2.01. The minimum absolute atomic E-state index is 0.186. The van der Waals surface area contributed by atoms with Gasteiger partial charge in [-0.2, -0.15) is 0 Å². The van der Waals surface area contributed by atoms with E-state index in [1.54, 1.807) is 6.08 Å². The number of hydrogen-bond donors (Lipinski definition) is 6. The number of nitrogens with one attached hydrogen (secondary N) is 1. The molecule has 0 aromatic rings. The van der Waals surface area contributed by atoms with E-state index >= 15 is 0 Å². The zero-order valence-corrected chi connectivity index (χ0v) is 46.7. The Morgan fingerprint density at radius 2 is 0.833 bits per heavy atom. The summed E-state index contributed by atoms with van der Waals surface area (Å²) >= 11 is 0. The molecular formula is C63H115NO8. The highest BCUT2D eigenvalue weighted by Crippen LogP contribution is 2.23. The van der Waals surface area contributed by atoms with Gasteiger partial charge in [0.2, 0.25) is 5.91 Å². The number of unbranched alkanes of at least 4 members (excludes halogenated alkanes) is 34.